The monoisotopic (exact) mass is 218 g/mol. The summed E-state index contributed by atoms with van der Waals surface area (Å²) in [6.07, 6.45) is 4.98. The first-order valence-electron chi connectivity index (χ1n) is 5.27. The lowest BCUT2D eigenvalue weighted by molar-refractivity contribution is -0.120. The minimum atomic E-state index is 0.162. The Labute approximate surface area is 91.4 Å². The summed E-state index contributed by atoms with van der Waals surface area (Å²) in [4.78, 5) is 11.2. The van der Waals surface area contributed by atoms with E-state index in [1.165, 1.54) is 12.2 Å². The SMILES string of the molecule is CCNCCC(=O)NCCCCSC. The molecule has 0 unspecified atom stereocenters. The molecule has 0 heterocycles. The van der Waals surface area contributed by atoms with Gasteiger partial charge in [-0.25, -0.2) is 0 Å². The van der Waals surface area contributed by atoms with E-state index in [4.69, 9.17) is 0 Å². The molecule has 0 aliphatic rings. The van der Waals surface area contributed by atoms with E-state index in [9.17, 15) is 4.79 Å². The van der Waals surface area contributed by atoms with E-state index in [2.05, 4.69) is 16.9 Å². The molecular weight excluding hydrogens is 196 g/mol. The second-order valence-electron chi connectivity index (χ2n) is 3.15. The molecule has 0 aromatic rings. The Kier molecular flexibility index (Phi) is 10.7. The maximum absolute atomic E-state index is 11.2. The summed E-state index contributed by atoms with van der Waals surface area (Å²) in [5, 5.41) is 6.04. The average Bonchev–Trinajstić information content (AvgIpc) is 2.18. The summed E-state index contributed by atoms with van der Waals surface area (Å²) in [7, 11) is 0. The summed E-state index contributed by atoms with van der Waals surface area (Å²) in [5.41, 5.74) is 0. The molecule has 0 aromatic heterocycles. The lowest BCUT2D eigenvalue weighted by atomic mass is 10.3. The maximum atomic E-state index is 11.2. The molecule has 0 atom stereocenters. The zero-order valence-corrected chi connectivity index (χ0v) is 10.1. The fourth-order valence-electron chi connectivity index (χ4n) is 1.07. The van der Waals surface area contributed by atoms with Crippen molar-refractivity contribution < 1.29 is 4.79 Å². The molecule has 0 bridgehead atoms. The van der Waals surface area contributed by atoms with Gasteiger partial charge in [-0.3, -0.25) is 4.79 Å². The van der Waals surface area contributed by atoms with Crippen molar-refractivity contribution >= 4 is 17.7 Å². The fourth-order valence-corrected chi connectivity index (χ4v) is 1.56. The Morgan fingerprint density at radius 3 is 2.71 bits per heavy atom. The number of amides is 1. The second-order valence-corrected chi connectivity index (χ2v) is 4.14. The number of nitrogens with one attached hydrogen (secondary N) is 2. The van der Waals surface area contributed by atoms with Crippen LogP contribution in [-0.2, 0) is 4.79 Å². The maximum Gasteiger partial charge on any atom is 0.221 e. The molecule has 0 saturated carbocycles. The topological polar surface area (TPSA) is 41.1 Å². The molecule has 0 aliphatic heterocycles. The highest BCUT2D eigenvalue weighted by atomic mass is 32.2. The first-order chi connectivity index (χ1) is 6.81. The molecule has 1 amide bonds. The van der Waals surface area contributed by atoms with Crippen molar-refractivity contribution in [1.82, 2.24) is 10.6 Å². The first kappa shape index (κ1) is 13.8. The number of carbonyl (C=O) groups excluding carboxylic acids is 1. The number of rotatable bonds is 9. The quantitative estimate of drug-likeness (QED) is 0.572. The van der Waals surface area contributed by atoms with Gasteiger partial charge in [-0.2, -0.15) is 11.8 Å². The Morgan fingerprint density at radius 2 is 2.07 bits per heavy atom. The first-order valence-corrected chi connectivity index (χ1v) is 6.67. The van der Waals surface area contributed by atoms with Crippen LogP contribution in [0.3, 0.4) is 0 Å². The van der Waals surface area contributed by atoms with Gasteiger partial charge in [0.25, 0.3) is 0 Å². The number of thioether (sulfide) groups is 1. The molecule has 0 spiro atoms. The molecule has 4 heteroatoms. The van der Waals surface area contributed by atoms with Gasteiger partial charge in [0.1, 0.15) is 0 Å². The summed E-state index contributed by atoms with van der Waals surface area (Å²) < 4.78 is 0. The van der Waals surface area contributed by atoms with E-state index in [-0.39, 0.29) is 5.91 Å². The van der Waals surface area contributed by atoms with Gasteiger partial charge in [-0.15, -0.1) is 0 Å². The lowest BCUT2D eigenvalue weighted by Gasteiger charge is -2.04. The minimum Gasteiger partial charge on any atom is -0.356 e. The van der Waals surface area contributed by atoms with E-state index >= 15 is 0 Å². The van der Waals surface area contributed by atoms with E-state index in [1.54, 1.807) is 0 Å². The molecule has 0 rings (SSSR count). The van der Waals surface area contributed by atoms with Crippen LogP contribution < -0.4 is 10.6 Å². The Bertz CT molecular complexity index is 142. The summed E-state index contributed by atoms with van der Waals surface area (Å²) in [5.74, 6) is 1.35. The largest absolute Gasteiger partial charge is 0.356 e. The van der Waals surface area contributed by atoms with Gasteiger partial charge >= 0.3 is 0 Å². The fraction of sp³-hybridized carbons (Fsp3) is 0.900. The van der Waals surface area contributed by atoms with Crippen molar-refractivity contribution in [2.75, 3.05) is 31.6 Å². The van der Waals surface area contributed by atoms with Crippen LogP contribution >= 0.6 is 11.8 Å². The van der Waals surface area contributed by atoms with Gasteiger partial charge in [0, 0.05) is 19.5 Å². The van der Waals surface area contributed by atoms with Crippen LogP contribution in [-0.4, -0.2) is 37.6 Å². The van der Waals surface area contributed by atoms with Crippen LogP contribution in [0.15, 0.2) is 0 Å². The number of hydrogen-bond donors (Lipinski definition) is 2. The number of hydrogen-bond acceptors (Lipinski definition) is 3. The van der Waals surface area contributed by atoms with Crippen molar-refractivity contribution in [3.8, 4) is 0 Å². The highest BCUT2D eigenvalue weighted by Gasteiger charge is 1.98. The van der Waals surface area contributed by atoms with E-state index in [0.29, 0.717) is 6.42 Å². The van der Waals surface area contributed by atoms with Crippen molar-refractivity contribution in [3.63, 3.8) is 0 Å². The molecule has 3 nitrogen and oxygen atoms in total. The van der Waals surface area contributed by atoms with Crippen LogP contribution in [0.1, 0.15) is 26.2 Å². The molecule has 84 valence electrons. The Hall–Kier alpha value is -0.220. The molecule has 14 heavy (non-hydrogen) atoms. The van der Waals surface area contributed by atoms with E-state index < -0.39 is 0 Å². The third-order valence-corrected chi connectivity index (χ3v) is 2.57. The molecule has 0 saturated heterocycles. The van der Waals surface area contributed by atoms with Crippen molar-refractivity contribution in [2.45, 2.75) is 26.2 Å². The Balaban J connectivity index is 3.10. The summed E-state index contributed by atoms with van der Waals surface area (Å²) in [6, 6.07) is 0. The molecule has 0 aromatic carbocycles. The highest BCUT2D eigenvalue weighted by molar-refractivity contribution is 7.98. The second kappa shape index (κ2) is 10.9. The van der Waals surface area contributed by atoms with Crippen molar-refractivity contribution in [2.24, 2.45) is 0 Å². The molecule has 0 radical (unpaired) electrons. The van der Waals surface area contributed by atoms with Crippen LogP contribution in [0.2, 0.25) is 0 Å². The van der Waals surface area contributed by atoms with Crippen LogP contribution in [0, 0.1) is 0 Å². The molecule has 0 fully saturated rings. The van der Waals surface area contributed by atoms with Crippen LogP contribution in [0.4, 0.5) is 0 Å². The average molecular weight is 218 g/mol. The van der Waals surface area contributed by atoms with Gasteiger partial charge in [0.2, 0.25) is 5.91 Å². The van der Waals surface area contributed by atoms with Gasteiger partial charge in [-0.05, 0) is 31.4 Å². The predicted octanol–water partition coefficient (Wildman–Crippen LogP) is 1.25. The summed E-state index contributed by atoms with van der Waals surface area (Å²) >= 11 is 1.85. The van der Waals surface area contributed by atoms with Gasteiger partial charge in [-0.1, -0.05) is 6.92 Å². The van der Waals surface area contributed by atoms with E-state index in [0.717, 1.165) is 26.1 Å². The number of carbonyl (C=O) groups is 1. The number of unbranched alkanes of at least 4 members (excludes halogenated alkanes) is 1. The van der Waals surface area contributed by atoms with Gasteiger partial charge in [0.05, 0.1) is 0 Å². The van der Waals surface area contributed by atoms with Crippen LogP contribution in [0.25, 0.3) is 0 Å². The van der Waals surface area contributed by atoms with Crippen molar-refractivity contribution in [1.29, 1.82) is 0 Å². The molecular formula is C10H22N2OS. The van der Waals surface area contributed by atoms with Gasteiger partial charge in [0.15, 0.2) is 0 Å². The predicted molar refractivity (Wildman–Crippen MR) is 63.8 cm³/mol. The minimum absolute atomic E-state index is 0.162. The molecule has 2 N–H and O–H groups in total. The van der Waals surface area contributed by atoms with Crippen molar-refractivity contribution in [3.05, 3.63) is 0 Å². The normalized spacial score (nSPS) is 10.1. The Morgan fingerprint density at radius 1 is 1.29 bits per heavy atom. The molecule has 0 aliphatic carbocycles. The third kappa shape index (κ3) is 9.86. The standard InChI is InChI=1S/C10H22N2OS/c1-3-11-8-6-10(13)12-7-4-5-9-14-2/h11H,3-9H2,1-2H3,(H,12,13). The summed E-state index contributed by atoms with van der Waals surface area (Å²) in [6.45, 7) is 4.58. The zero-order chi connectivity index (χ0) is 10.6. The van der Waals surface area contributed by atoms with Crippen LogP contribution in [0.5, 0.6) is 0 Å². The lowest BCUT2D eigenvalue weighted by Crippen LogP contribution is -2.28. The third-order valence-electron chi connectivity index (χ3n) is 1.88. The smallest absolute Gasteiger partial charge is 0.221 e. The zero-order valence-electron chi connectivity index (χ0n) is 9.27. The van der Waals surface area contributed by atoms with E-state index in [1.807, 2.05) is 18.7 Å². The van der Waals surface area contributed by atoms with Gasteiger partial charge < -0.3 is 10.6 Å². The highest BCUT2D eigenvalue weighted by Crippen LogP contribution is 1.97.